The number of carbonyl (C=O) groups excluding carboxylic acids is 1. The van der Waals surface area contributed by atoms with Crippen molar-refractivity contribution < 1.29 is 9.53 Å². The van der Waals surface area contributed by atoms with Crippen LogP contribution in [-0.4, -0.2) is 53.6 Å². The molecule has 0 fully saturated rings. The molecule has 0 aliphatic carbocycles. The summed E-state index contributed by atoms with van der Waals surface area (Å²) >= 11 is 0. The van der Waals surface area contributed by atoms with E-state index in [0.29, 0.717) is 19.0 Å². The van der Waals surface area contributed by atoms with Crippen LogP contribution < -0.4 is 16.0 Å². The normalized spacial score (nSPS) is 13.3. The van der Waals surface area contributed by atoms with Gasteiger partial charge >= 0.3 is 6.09 Å². The van der Waals surface area contributed by atoms with Gasteiger partial charge in [-0.1, -0.05) is 0 Å². The zero-order chi connectivity index (χ0) is 19.9. The minimum absolute atomic E-state index is 0.196. The number of amides is 1. The predicted octanol–water partition coefficient (Wildman–Crippen LogP) is 1.66. The highest BCUT2D eigenvalue weighted by atomic mass is 16.6. The molecular formula is C18H34N6O2. The van der Waals surface area contributed by atoms with Crippen LogP contribution in [0.1, 0.15) is 44.6 Å². The number of ether oxygens (including phenoxy) is 1. The van der Waals surface area contributed by atoms with E-state index in [-0.39, 0.29) is 6.04 Å². The van der Waals surface area contributed by atoms with Crippen LogP contribution in [0.5, 0.6) is 0 Å². The first-order valence-corrected chi connectivity index (χ1v) is 8.96. The topological polar surface area (TPSA) is 92.6 Å². The molecule has 8 nitrogen and oxygen atoms in total. The number of alkyl carbamates (subject to hydrolysis) is 1. The van der Waals surface area contributed by atoms with Gasteiger partial charge in [0.05, 0.1) is 5.69 Å². The predicted molar refractivity (Wildman–Crippen MR) is 105 cm³/mol. The summed E-state index contributed by atoms with van der Waals surface area (Å²) in [5.41, 5.74) is 3.01. The quantitative estimate of drug-likeness (QED) is 0.404. The molecule has 0 saturated heterocycles. The van der Waals surface area contributed by atoms with Crippen molar-refractivity contribution in [2.45, 2.75) is 59.6 Å². The van der Waals surface area contributed by atoms with Crippen molar-refractivity contribution in [1.29, 1.82) is 0 Å². The number of guanidine groups is 1. The molecule has 1 aromatic rings. The van der Waals surface area contributed by atoms with Crippen LogP contribution in [0.3, 0.4) is 0 Å². The Morgan fingerprint density at radius 1 is 1.27 bits per heavy atom. The summed E-state index contributed by atoms with van der Waals surface area (Å²) in [7, 11) is 3.69. The number of aryl methyl sites for hydroxylation is 2. The highest BCUT2D eigenvalue weighted by molar-refractivity contribution is 5.80. The Morgan fingerprint density at radius 2 is 1.88 bits per heavy atom. The van der Waals surface area contributed by atoms with Crippen molar-refractivity contribution >= 4 is 12.1 Å². The van der Waals surface area contributed by atoms with Crippen molar-refractivity contribution in [1.82, 2.24) is 25.7 Å². The fourth-order valence-electron chi connectivity index (χ4n) is 2.56. The average molecular weight is 367 g/mol. The molecule has 0 bridgehead atoms. The SMILES string of the molecule is CN=C(NCCNC(=O)OC(C)(C)C)NC(C)Cc1c(C)nn(C)c1C. The zero-order valence-corrected chi connectivity index (χ0v) is 17.4. The smallest absolute Gasteiger partial charge is 0.407 e. The van der Waals surface area contributed by atoms with Gasteiger partial charge in [0, 0.05) is 38.9 Å². The molecule has 0 aromatic carbocycles. The highest BCUT2D eigenvalue weighted by Gasteiger charge is 2.16. The molecule has 0 aliphatic heterocycles. The molecule has 0 spiro atoms. The van der Waals surface area contributed by atoms with Gasteiger partial charge in [-0.3, -0.25) is 9.67 Å². The molecule has 1 aromatic heterocycles. The second-order valence-corrected chi connectivity index (χ2v) is 7.45. The lowest BCUT2D eigenvalue weighted by Gasteiger charge is -2.20. The first kappa shape index (κ1) is 21.8. The molecule has 1 atom stereocenters. The minimum atomic E-state index is -0.493. The van der Waals surface area contributed by atoms with E-state index in [0.717, 1.165) is 12.1 Å². The van der Waals surface area contributed by atoms with Crippen molar-refractivity contribution in [2.75, 3.05) is 20.1 Å². The van der Waals surface area contributed by atoms with E-state index in [4.69, 9.17) is 4.74 Å². The van der Waals surface area contributed by atoms with Crippen molar-refractivity contribution in [3.05, 3.63) is 17.0 Å². The lowest BCUT2D eigenvalue weighted by molar-refractivity contribution is 0.0529. The van der Waals surface area contributed by atoms with Gasteiger partial charge in [-0.2, -0.15) is 5.10 Å². The number of nitrogens with zero attached hydrogens (tertiary/aromatic N) is 3. The fraction of sp³-hybridized carbons (Fsp3) is 0.722. The Kier molecular flexibility index (Phi) is 7.92. The molecule has 26 heavy (non-hydrogen) atoms. The monoisotopic (exact) mass is 366 g/mol. The van der Waals surface area contributed by atoms with Crippen LogP contribution in [0.4, 0.5) is 4.79 Å². The first-order valence-electron chi connectivity index (χ1n) is 8.96. The lowest BCUT2D eigenvalue weighted by atomic mass is 10.1. The molecule has 1 amide bonds. The van der Waals surface area contributed by atoms with Crippen LogP contribution in [0.15, 0.2) is 4.99 Å². The molecule has 0 radical (unpaired) electrons. The lowest BCUT2D eigenvalue weighted by Crippen LogP contribution is -2.45. The number of aromatic nitrogens is 2. The second kappa shape index (κ2) is 9.45. The Labute approximate surface area is 156 Å². The summed E-state index contributed by atoms with van der Waals surface area (Å²) in [6, 6.07) is 0.196. The van der Waals surface area contributed by atoms with Gasteiger partial charge in [-0.25, -0.2) is 4.79 Å². The molecule has 8 heteroatoms. The third-order valence-corrected chi connectivity index (χ3v) is 3.86. The maximum atomic E-state index is 11.6. The molecule has 1 heterocycles. The van der Waals surface area contributed by atoms with Gasteiger partial charge in [-0.05, 0) is 53.5 Å². The van der Waals surface area contributed by atoms with Gasteiger partial charge < -0.3 is 20.7 Å². The Bertz CT molecular complexity index is 630. The van der Waals surface area contributed by atoms with E-state index in [9.17, 15) is 4.79 Å². The van der Waals surface area contributed by atoms with Crippen LogP contribution >= 0.6 is 0 Å². The molecule has 0 saturated carbocycles. The number of nitrogens with one attached hydrogen (secondary N) is 3. The second-order valence-electron chi connectivity index (χ2n) is 7.45. The number of aliphatic imine (C=N–C) groups is 1. The van der Waals surface area contributed by atoms with E-state index in [1.807, 2.05) is 39.4 Å². The maximum Gasteiger partial charge on any atom is 0.407 e. The minimum Gasteiger partial charge on any atom is -0.444 e. The van der Waals surface area contributed by atoms with Gasteiger partial charge in [0.25, 0.3) is 0 Å². The number of rotatable bonds is 6. The van der Waals surface area contributed by atoms with E-state index < -0.39 is 11.7 Å². The standard InChI is InChI=1S/C18H34N6O2/c1-12(11-15-13(2)23-24(8)14(15)3)22-16(19-7)20-9-10-21-17(25)26-18(4,5)6/h12H,9-11H2,1-8H3,(H,21,25)(H2,19,20,22). The third-order valence-electron chi connectivity index (χ3n) is 3.86. The first-order chi connectivity index (χ1) is 12.0. The Hall–Kier alpha value is -2.25. The average Bonchev–Trinajstić information content (AvgIpc) is 2.75. The Balaban J connectivity index is 2.39. The molecule has 0 aliphatic rings. The summed E-state index contributed by atoms with van der Waals surface area (Å²) in [5, 5.41) is 13.7. The van der Waals surface area contributed by atoms with E-state index in [2.05, 4.69) is 39.9 Å². The van der Waals surface area contributed by atoms with Crippen molar-refractivity contribution in [2.24, 2.45) is 12.0 Å². The molecular weight excluding hydrogens is 332 g/mol. The van der Waals surface area contributed by atoms with E-state index in [1.165, 1.54) is 11.3 Å². The molecule has 1 unspecified atom stereocenters. The number of carbonyl (C=O) groups is 1. The maximum absolute atomic E-state index is 11.6. The summed E-state index contributed by atoms with van der Waals surface area (Å²) in [5.74, 6) is 0.697. The van der Waals surface area contributed by atoms with Crippen molar-refractivity contribution in [3.8, 4) is 0 Å². The molecule has 148 valence electrons. The zero-order valence-electron chi connectivity index (χ0n) is 17.4. The summed E-state index contributed by atoms with van der Waals surface area (Å²) in [6.07, 6.45) is 0.445. The van der Waals surface area contributed by atoms with Gasteiger partial charge in [0.2, 0.25) is 0 Å². The Morgan fingerprint density at radius 3 is 2.38 bits per heavy atom. The summed E-state index contributed by atoms with van der Waals surface area (Å²) in [6.45, 7) is 12.7. The van der Waals surface area contributed by atoms with Crippen LogP contribution in [0.25, 0.3) is 0 Å². The van der Waals surface area contributed by atoms with Crippen LogP contribution in [-0.2, 0) is 18.2 Å². The van der Waals surface area contributed by atoms with Crippen LogP contribution in [0, 0.1) is 13.8 Å². The summed E-state index contributed by atoms with van der Waals surface area (Å²) in [4.78, 5) is 15.8. The van der Waals surface area contributed by atoms with Crippen molar-refractivity contribution in [3.63, 3.8) is 0 Å². The molecule has 3 N–H and O–H groups in total. The largest absolute Gasteiger partial charge is 0.444 e. The number of hydrogen-bond donors (Lipinski definition) is 3. The summed E-state index contributed by atoms with van der Waals surface area (Å²) < 4.78 is 7.10. The third kappa shape index (κ3) is 7.33. The fourth-order valence-corrected chi connectivity index (χ4v) is 2.56. The van der Waals surface area contributed by atoms with Gasteiger partial charge in [0.15, 0.2) is 5.96 Å². The number of hydrogen-bond acceptors (Lipinski definition) is 4. The van der Waals surface area contributed by atoms with Gasteiger partial charge in [0.1, 0.15) is 5.60 Å². The van der Waals surface area contributed by atoms with Crippen LogP contribution in [0.2, 0.25) is 0 Å². The molecule has 1 rings (SSSR count). The van der Waals surface area contributed by atoms with E-state index >= 15 is 0 Å². The van der Waals surface area contributed by atoms with Gasteiger partial charge in [-0.15, -0.1) is 0 Å². The highest BCUT2D eigenvalue weighted by Crippen LogP contribution is 2.14. The van der Waals surface area contributed by atoms with E-state index in [1.54, 1.807) is 7.05 Å².